The zero-order chi connectivity index (χ0) is 10.8. The molecule has 0 aromatic rings. The second-order valence-corrected chi connectivity index (χ2v) is 4.71. The first-order chi connectivity index (χ1) is 7.18. The van der Waals surface area contributed by atoms with E-state index < -0.39 is 0 Å². The first-order valence-electron chi connectivity index (χ1n) is 5.82. The lowest BCUT2D eigenvalue weighted by atomic mass is 10.2. The van der Waals surface area contributed by atoms with Crippen LogP contribution in [0.4, 0.5) is 0 Å². The fourth-order valence-corrected chi connectivity index (χ4v) is 2.39. The van der Waals surface area contributed by atoms with Crippen molar-refractivity contribution in [2.75, 3.05) is 19.8 Å². The second-order valence-electron chi connectivity index (χ2n) is 4.71. The van der Waals surface area contributed by atoms with E-state index in [1.807, 2.05) is 4.90 Å². The summed E-state index contributed by atoms with van der Waals surface area (Å²) in [5.74, 6) is 0.263. The fraction of sp³-hybridized carbons (Fsp3) is 0.909. The molecule has 0 saturated carbocycles. The highest BCUT2D eigenvalue weighted by Gasteiger charge is 2.37. The van der Waals surface area contributed by atoms with E-state index in [9.17, 15) is 4.79 Å². The Labute approximate surface area is 91.0 Å². The number of nitrogens with zero attached hydrogens (tertiary/aromatic N) is 1. The van der Waals surface area contributed by atoms with Gasteiger partial charge < -0.3 is 15.0 Å². The van der Waals surface area contributed by atoms with Gasteiger partial charge in [0.15, 0.2) is 0 Å². The van der Waals surface area contributed by atoms with E-state index in [0.717, 1.165) is 32.6 Å². The molecule has 0 bridgehead atoms. The number of rotatable bonds is 3. The van der Waals surface area contributed by atoms with Gasteiger partial charge >= 0.3 is 0 Å². The Hall–Kier alpha value is -0.610. The van der Waals surface area contributed by atoms with E-state index in [0.29, 0.717) is 12.1 Å². The average molecular weight is 212 g/mol. The number of carbonyl (C=O) groups excluding carboxylic acids is 1. The fourth-order valence-electron chi connectivity index (χ4n) is 2.39. The van der Waals surface area contributed by atoms with Crippen LogP contribution in [-0.2, 0) is 9.53 Å². The Balaban J connectivity index is 1.91. The van der Waals surface area contributed by atoms with Gasteiger partial charge in [0.05, 0.1) is 18.7 Å². The van der Waals surface area contributed by atoms with Crippen LogP contribution in [-0.4, -0.2) is 48.7 Å². The van der Waals surface area contributed by atoms with Gasteiger partial charge in [-0.1, -0.05) is 13.8 Å². The molecule has 2 heterocycles. The van der Waals surface area contributed by atoms with Crippen molar-refractivity contribution in [3.05, 3.63) is 0 Å². The summed E-state index contributed by atoms with van der Waals surface area (Å²) in [4.78, 5) is 14.0. The molecule has 1 amide bonds. The molecule has 2 saturated heterocycles. The number of amides is 1. The number of hydrogen-bond donors (Lipinski definition) is 1. The lowest BCUT2D eigenvalue weighted by Crippen LogP contribution is -2.44. The molecule has 0 aromatic carbocycles. The van der Waals surface area contributed by atoms with Gasteiger partial charge in [-0.25, -0.2) is 0 Å². The van der Waals surface area contributed by atoms with Gasteiger partial charge in [-0.3, -0.25) is 4.79 Å². The average Bonchev–Trinajstić information content (AvgIpc) is 2.76. The Kier molecular flexibility index (Phi) is 3.26. The van der Waals surface area contributed by atoms with Gasteiger partial charge in [0.2, 0.25) is 5.91 Å². The number of carbonyl (C=O) groups is 1. The second kappa shape index (κ2) is 4.49. The summed E-state index contributed by atoms with van der Waals surface area (Å²) >= 11 is 0. The van der Waals surface area contributed by atoms with Crippen molar-refractivity contribution in [1.82, 2.24) is 10.2 Å². The zero-order valence-corrected chi connectivity index (χ0v) is 9.53. The molecule has 2 unspecified atom stereocenters. The highest BCUT2D eigenvalue weighted by atomic mass is 16.5. The van der Waals surface area contributed by atoms with Crippen LogP contribution in [0.1, 0.15) is 26.7 Å². The lowest BCUT2D eigenvalue weighted by molar-refractivity contribution is -0.131. The molecule has 0 aromatic heterocycles. The maximum absolute atomic E-state index is 12.0. The largest absolute Gasteiger partial charge is 0.379 e. The van der Waals surface area contributed by atoms with Crippen LogP contribution in [0.2, 0.25) is 0 Å². The molecular weight excluding hydrogens is 192 g/mol. The lowest BCUT2D eigenvalue weighted by Gasteiger charge is -2.23. The Morgan fingerprint density at radius 1 is 1.47 bits per heavy atom. The minimum absolute atomic E-state index is 0.0330. The Morgan fingerprint density at radius 2 is 2.27 bits per heavy atom. The van der Waals surface area contributed by atoms with E-state index in [1.165, 1.54) is 0 Å². The molecule has 15 heavy (non-hydrogen) atoms. The van der Waals surface area contributed by atoms with E-state index in [2.05, 4.69) is 19.2 Å². The van der Waals surface area contributed by atoms with E-state index in [4.69, 9.17) is 4.74 Å². The molecule has 4 heteroatoms. The van der Waals surface area contributed by atoms with Crippen LogP contribution in [0, 0.1) is 0 Å². The van der Waals surface area contributed by atoms with Crippen molar-refractivity contribution in [3.8, 4) is 0 Å². The minimum Gasteiger partial charge on any atom is -0.379 e. The molecule has 2 rings (SSSR count). The summed E-state index contributed by atoms with van der Waals surface area (Å²) in [5, 5.41) is 3.31. The third-order valence-corrected chi connectivity index (χ3v) is 3.12. The van der Waals surface area contributed by atoms with Crippen molar-refractivity contribution in [2.24, 2.45) is 0 Å². The monoisotopic (exact) mass is 212 g/mol. The van der Waals surface area contributed by atoms with Gasteiger partial charge in [-0.05, 0) is 12.8 Å². The molecular formula is C11H20N2O2. The van der Waals surface area contributed by atoms with Gasteiger partial charge in [-0.2, -0.15) is 0 Å². The molecule has 86 valence electrons. The first-order valence-corrected chi connectivity index (χ1v) is 5.82. The van der Waals surface area contributed by atoms with Gasteiger partial charge in [0.25, 0.3) is 0 Å². The third kappa shape index (κ3) is 2.32. The topological polar surface area (TPSA) is 41.6 Å². The van der Waals surface area contributed by atoms with E-state index in [-0.39, 0.29) is 11.9 Å². The Morgan fingerprint density at radius 3 is 2.87 bits per heavy atom. The summed E-state index contributed by atoms with van der Waals surface area (Å²) in [7, 11) is 0. The van der Waals surface area contributed by atoms with Gasteiger partial charge in [0, 0.05) is 19.2 Å². The van der Waals surface area contributed by atoms with E-state index in [1.54, 1.807) is 0 Å². The SMILES string of the molecule is CC(C)NC1CCN(C2CCOC2)C1=O. The predicted molar refractivity (Wildman–Crippen MR) is 57.6 cm³/mol. The standard InChI is InChI=1S/C11H20N2O2/c1-8(2)12-10-3-5-13(11(10)14)9-4-6-15-7-9/h8-10,12H,3-7H2,1-2H3. The summed E-state index contributed by atoms with van der Waals surface area (Å²) in [6.07, 6.45) is 1.94. The minimum atomic E-state index is 0.0330. The third-order valence-electron chi connectivity index (χ3n) is 3.12. The smallest absolute Gasteiger partial charge is 0.240 e. The van der Waals surface area contributed by atoms with Crippen LogP contribution < -0.4 is 5.32 Å². The van der Waals surface area contributed by atoms with E-state index >= 15 is 0 Å². The van der Waals surface area contributed by atoms with Crippen molar-refractivity contribution >= 4 is 5.91 Å². The molecule has 2 fully saturated rings. The highest BCUT2D eigenvalue weighted by molar-refractivity contribution is 5.84. The molecule has 0 radical (unpaired) electrons. The van der Waals surface area contributed by atoms with Crippen LogP contribution in [0.15, 0.2) is 0 Å². The van der Waals surface area contributed by atoms with Crippen molar-refractivity contribution in [2.45, 2.75) is 44.8 Å². The summed E-state index contributed by atoms with van der Waals surface area (Å²) in [6, 6.07) is 0.737. The normalized spacial score (nSPS) is 31.9. The van der Waals surface area contributed by atoms with Crippen molar-refractivity contribution in [1.29, 1.82) is 0 Å². The molecule has 0 spiro atoms. The summed E-state index contributed by atoms with van der Waals surface area (Å²) in [5.41, 5.74) is 0. The van der Waals surface area contributed by atoms with Gasteiger partial charge in [0.1, 0.15) is 0 Å². The number of hydrogen-bond acceptors (Lipinski definition) is 3. The quantitative estimate of drug-likeness (QED) is 0.735. The molecule has 2 aliphatic rings. The van der Waals surface area contributed by atoms with Gasteiger partial charge in [-0.15, -0.1) is 0 Å². The number of ether oxygens (including phenoxy) is 1. The Bertz CT molecular complexity index is 237. The van der Waals surface area contributed by atoms with Crippen molar-refractivity contribution < 1.29 is 9.53 Å². The molecule has 2 aliphatic heterocycles. The predicted octanol–water partition coefficient (Wildman–Crippen LogP) is 0.374. The number of likely N-dealkylation sites (tertiary alicyclic amines) is 1. The van der Waals surface area contributed by atoms with Crippen molar-refractivity contribution in [3.63, 3.8) is 0 Å². The summed E-state index contributed by atoms with van der Waals surface area (Å²) < 4.78 is 5.32. The van der Waals surface area contributed by atoms with Crippen LogP contribution in [0.25, 0.3) is 0 Å². The van der Waals surface area contributed by atoms with Crippen LogP contribution in [0.3, 0.4) is 0 Å². The van der Waals surface area contributed by atoms with Crippen LogP contribution >= 0.6 is 0 Å². The number of nitrogens with one attached hydrogen (secondary N) is 1. The highest BCUT2D eigenvalue weighted by Crippen LogP contribution is 2.20. The first kappa shape index (κ1) is 10.9. The summed E-state index contributed by atoms with van der Waals surface area (Å²) in [6.45, 7) is 6.57. The zero-order valence-electron chi connectivity index (χ0n) is 9.53. The molecule has 4 nitrogen and oxygen atoms in total. The molecule has 1 N–H and O–H groups in total. The molecule has 0 aliphatic carbocycles. The maximum atomic E-state index is 12.0. The maximum Gasteiger partial charge on any atom is 0.240 e. The van der Waals surface area contributed by atoms with Crippen LogP contribution in [0.5, 0.6) is 0 Å². The molecule has 2 atom stereocenters.